The normalized spacial score (nSPS) is 9.81. The van der Waals surface area contributed by atoms with Crippen LogP contribution in [0, 0.1) is 12.3 Å². The molecule has 0 aromatic heterocycles. The number of hydrogen-bond donors (Lipinski definition) is 1. The number of terminal acetylenes is 1. The summed E-state index contributed by atoms with van der Waals surface area (Å²) in [5.41, 5.74) is 1.15. The molecule has 1 aromatic carbocycles. The molecule has 0 aliphatic carbocycles. The van der Waals surface area contributed by atoms with Crippen molar-refractivity contribution in [3.05, 3.63) is 28.8 Å². The van der Waals surface area contributed by atoms with Crippen molar-refractivity contribution in [2.75, 3.05) is 13.2 Å². The number of halogens is 1. The molecule has 16 heavy (non-hydrogen) atoms. The van der Waals surface area contributed by atoms with Crippen molar-refractivity contribution in [1.82, 2.24) is 5.32 Å². The Kier molecular flexibility index (Phi) is 5.77. The van der Waals surface area contributed by atoms with Gasteiger partial charge in [0.2, 0.25) is 0 Å². The van der Waals surface area contributed by atoms with E-state index >= 15 is 0 Å². The Labute approximate surface area is 102 Å². The molecule has 0 bridgehead atoms. The first-order valence-corrected chi connectivity index (χ1v) is 5.71. The zero-order valence-electron chi connectivity index (χ0n) is 9.42. The van der Waals surface area contributed by atoms with E-state index in [9.17, 15) is 0 Å². The Morgan fingerprint density at radius 1 is 1.50 bits per heavy atom. The Balaban J connectivity index is 2.57. The first kappa shape index (κ1) is 12.9. The molecule has 0 saturated carbocycles. The fourth-order valence-corrected chi connectivity index (χ4v) is 1.52. The Hall–Kier alpha value is -1.17. The van der Waals surface area contributed by atoms with Crippen LogP contribution in [0.15, 0.2) is 18.2 Å². The predicted molar refractivity (Wildman–Crippen MR) is 67.8 cm³/mol. The van der Waals surface area contributed by atoms with Gasteiger partial charge in [0.05, 0.1) is 11.6 Å². The first-order chi connectivity index (χ1) is 7.77. The third-order valence-corrected chi connectivity index (χ3v) is 2.37. The second-order valence-corrected chi connectivity index (χ2v) is 3.75. The lowest BCUT2D eigenvalue weighted by Crippen LogP contribution is -2.11. The van der Waals surface area contributed by atoms with E-state index in [2.05, 4.69) is 18.2 Å². The highest BCUT2D eigenvalue weighted by Gasteiger charge is 2.02. The van der Waals surface area contributed by atoms with Gasteiger partial charge < -0.3 is 10.1 Å². The molecule has 0 amide bonds. The van der Waals surface area contributed by atoms with Crippen molar-refractivity contribution in [3.8, 4) is 18.1 Å². The lowest BCUT2D eigenvalue weighted by Gasteiger charge is -2.08. The molecular formula is C13H16ClNO. The maximum Gasteiger partial charge on any atom is 0.137 e. The zero-order chi connectivity index (χ0) is 11.8. The number of hydrogen-bond acceptors (Lipinski definition) is 2. The van der Waals surface area contributed by atoms with Crippen molar-refractivity contribution in [2.24, 2.45) is 0 Å². The molecule has 0 heterocycles. The fraction of sp³-hybridized carbons (Fsp3) is 0.385. The van der Waals surface area contributed by atoms with Crippen LogP contribution >= 0.6 is 11.6 Å². The maximum absolute atomic E-state index is 6.08. The van der Waals surface area contributed by atoms with E-state index in [1.54, 1.807) is 0 Å². The van der Waals surface area contributed by atoms with Gasteiger partial charge in [-0.05, 0) is 24.2 Å². The van der Waals surface area contributed by atoms with Crippen molar-refractivity contribution in [3.63, 3.8) is 0 Å². The van der Waals surface area contributed by atoms with Gasteiger partial charge in [0, 0.05) is 13.0 Å². The van der Waals surface area contributed by atoms with E-state index in [0.29, 0.717) is 23.8 Å². The molecule has 0 aliphatic rings. The Bertz CT molecular complexity index is 371. The summed E-state index contributed by atoms with van der Waals surface area (Å²) in [5.74, 6) is 3.21. The maximum atomic E-state index is 6.08. The summed E-state index contributed by atoms with van der Waals surface area (Å²) < 4.78 is 5.44. The van der Waals surface area contributed by atoms with Gasteiger partial charge >= 0.3 is 0 Å². The smallest absolute Gasteiger partial charge is 0.137 e. The van der Waals surface area contributed by atoms with Crippen LogP contribution < -0.4 is 10.1 Å². The lowest BCUT2D eigenvalue weighted by molar-refractivity contribution is 0.327. The minimum atomic E-state index is 0.503. The van der Waals surface area contributed by atoms with Gasteiger partial charge in [0.1, 0.15) is 5.75 Å². The second kappa shape index (κ2) is 7.16. The van der Waals surface area contributed by atoms with Crippen LogP contribution in [0.3, 0.4) is 0 Å². The molecule has 0 spiro atoms. The summed E-state index contributed by atoms with van der Waals surface area (Å²) in [7, 11) is 0. The van der Waals surface area contributed by atoms with E-state index < -0.39 is 0 Å². The topological polar surface area (TPSA) is 21.3 Å². The van der Waals surface area contributed by atoms with Crippen molar-refractivity contribution in [2.45, 2.75) is 19.9 Å². The van der Waals surface area contributed by atoms with Crippen LogP contribution in [0.2, 0.25) is 5.02 Å². The summed E-state index contributed by atoms with van der Waals surface area (Å²) >= 11 is 6.08. The van der Waals surface area contributed by atoms with E-state index in [1.165, 1.54) is 0 Å². The molecule has 1 rings (SSSR count). The van der Waals surface area contributed by atoms with E-state index in [4.69, 9.17) is 22.8 Å². The van der Waals surface area contributed by atoms with Crippen LogP contribution in [0.25, 0.3) is 0 Å². The molecule has 0 saturated heterocycles. The third kappa shape index (κ3) is 4.14. The van der Waals surface area contributed by atoms with Gasteiger partial charge in [-0.1, -0.05) is 24.6 Å². The van der Waals surface area contributed by atoms with Crippen molar-refractivity contribution < 1.29 is 4.74 Å². The van der Waals surface area contributed by atoms with Crippen LogP contribution in [0.1, 0.15) is 18.9 Å². The highest BCUT2D eigenvalue weighted by molar-refractivity contribution is 6.32. The average Bonchev–Trinajstić information content (AvgIpc) is 2.29. The van der Waals surface area contributed by atoms with Gasteiger partial charge in [0.25, 0.3) is 0 Å². The van der Waals surface area contributed by atoms with E-state index in [0.717, 1.165) is 18.7 Å². The molecular weight excluding hydrogens is 222 g/mol. The highest BCUT2D eigenvalue weighted by atomic mass is 35.5. The lowest BCUT2D eigenvalue weighted by atomic mass is 10.2. The highest BCUT2D eigenvalue weighted by Crippen LogP contribution is 2.25. The molecule has 0 radical (unpaired) electrons. The van der Waals surface area contributed by atoms with Gasteiger partial charge in [-0.25, -0.2) is 0 Å². The number of rotatable bonds is 6. The average molecular weight is 238 g/mol. The summed E-state index contributed by atoms with van der Waals surface area (Å²) in [5, 5.41) is 3.87. The molecule has 1 N–H and O–H groups in total. The third-order valence-electron chi connectivity index (χ3n) is 2.08. The summed E-state index contributed by atoms with van der Waals surface area (Å²) in [4.78, 5) is 0. The second-order valence-electron chi connectivity index (χ2n) is 3.35. The zero-order valence-corrected chi connectivity index (χ0v) is 10.2. The SMILES string of the molecule is C#CCCOc1ccc(CNCC)cc1Cl. The molecule has 2 nitrogen and oxygen atoms in total. The molecule has 0 fully saturated rings. The largest absolute Gasteiger partial charge is 0.491 e. The molecule has 0 atom stereocenters. The van der Waals surface area contributed by atoms with Gasteiger partial charge in [-0.15, -0.1) is 12.3 Å². The van der Waals surface area contributed by atoms with E-state index in [1.807, 2.05) is 18.2 Å². The van der Waals surface area contributed by atoms with Crippen LogP contribution in [-0.2, 0) is 6.54 Å². The fourth-order valence-electron chi connectivity index (χ4n) is 1.26. The number of ether oxygens (including phenoxy) is 1. The van der Waals surface area contributed by atoms with Gasteiger partial charge in [-0.3, -0.25) is 0 Å². The minimum Gasteiger partial charge on any atom is -0.491 e. The first-order valence-electron chi connectivity index (χ1n) is 5.33. The van der Waals surface area contributed by atoms with Gasteiger partial charge in [0.15, 0.2) is 0 Å². The molecule has 86 valence electrons. The minimum absolute atomic E-state index is 0.503. The van der Waals surface area contributed by atoms with Crippen LogP contribution in [0.4, 0.5) is 0 Å². The van der Waals surface area contributed by atoms with Crippen molar-refractivity contribution in [1.29, 1.82) is 0 Å². The summed E-state index contributed by atoms with van der Waals surface area (Å²) in [6.45, 7) is 4.33. The molecule has 3 heteroatoms. The van der Waals surface area contributed by atoms with E-state index in [-0.39, 0.29) is 0 Å². The van der Waals surface area contributed by atoms with Gasteiger partial charge in [-0.2, -0.15) is 0 Å². The quantitative estimate of drug-likeness (QED) is 0.607. The standard InChI is InChI=1S/C13H16ClNO/c1-3-5-8-16-13-7-6-11(9-12(13)14)10-15-4-2/h1,6-7,9,15H,4-5,8,10H2,2H3. The number of benzene rings is 1. The van der Waals surface area contributed by atoms with Crippen LogP contribution in [0.5, 0.6) is 5.75 Å². The van der Waals surface area contributed by atoms with Crippen LogP contribution in [-0.4, -0.2) is 13.2 Å². The Morgan fingerprint density at radius 3 is 2.94 bits per heavy atom. The molecule has 0 aliphatic heterocycles. The molecule has 0 unspecified atom stereocenters. The monoisotopic (exact) mass is 237 g/mol. The molecule has 1 aromatic rings. The number of nitrogens with one attached hydrogen (secondary N) is 1. The van der Waals surface area contributed by atoms with Crippen molar-refractivity contribution >= 4 is 11.6 Å². The Morgan fingerprint density at radius 2 is 2.31 bits per heavy atom. The summed E-state index contributed by atoms with van der Waals surface area (Å²) in [6.07, 6.45) is 5.73. The summed E-state index contributed by atoms with van der Waals surface area (Å²) in [6, 6.07) is 5.79. The predicted octanol–water partition coefficient (Wildman–Crippen LogP) is 2.85.